The molecule has 9 nitrogen and oxygen atoms in total. The summed E-state index contributed by atoms with van der Waals surface area (Å²) in [7, 11) is 0. The van der Waals surface area contributed by atoms with Crippen LogP contribution in [0, 0.1) is 0 Å². The average Bonchev–Trinajstić information content (AvgIpc) is 3.10. The molecular formula is C18H18N6O3S. The summed E-state index contributed by atoms with van der Waals surface area (Å²) in [4.78, 5) is 32.1. The van der Waals surface area contributed by atoms with E-state index in [1.54, 1.807) is 30.7 Å². The molecule has 3 rings (SSSR count). The molecule has 3 aromatic rings. The highest BCUT2D eigenvalue weighted by molar-refractivity contribution is 7.11. The Morgan fingerprint density at radius 3 is 2.79 bits per heavy atom. The van der Waals surface area contributed by atoms with Gasteiger partial charge >= 0.3 is 6.03 Å². The second-order valence-electron chi connectivity index (χ2n) is 5.64. The number of urea groups is 1. The van der Waals surface area contributed by atoms with E-state index < -0.39 is 11.9 Å². The van der Waals surface area contributed by atoms with Crippen LogP contribution in [0.15, 0.2) is 48.9 Å². The van der Waals surface area contributed by atoms with Gasteiger partial charge in [0.05, 0.1) is 18.8 Å². The van der Waals surface area contributed by atoms with Crippen molar-refractivity contribution >= 4 is 28.5 Å². The number of rotatable bonds is 8. The molecule has 0 bridgehead atoms. The van der Waals surface area contributed by atoms with Gasteiger partial charge in [0.1, 0.15) is 10.6 Å². The van der Waals surface area contributed by atoms with E-state index in [9.17, 15) is 9.59 Å². The standard InChI is InChI=1S/C18H18N6O3S/c19-15(25)14-16(27-9-6-12-4-3-7-20-10-12)24-28-17(14)23-18(26)22-11-13-5-1-2-8-21-13/h1-5,7-8,10H,6,9,11H2,(H2,19,25)(H2,22,23,26). The zero-order valence-electron chi connectivity index (χ0n) is 14.8. The molecular weight excluding hydrogens is 380 g/mol. The Morgan fingerprint density at radius 1 is 1.18 bits per heavy atom. The number of nitrogens with one attached hydrogen (secondary N) is 2. The van der Waals surface area contributed by atoms with Gasteiger partial charge in [-0.3, -0.25) is 20.1 Å². The first-order chi connectivity index (χ1) is 13.6. The van der Waals surface area contributed by atoms with E-state index in [1.165, 1.54) is 0 Å². The van der Waals surface area contributed by atoms with Gasteiger partial charge in [-0.05, 0) is 35.3 Å². The topological polar surface area (TPSA) is 132 Å². The maximum absolute atomic E-state index is 12.1. The SMILES string of the molecule is NC(=O)c1c(OCCc2cccnc2)nsc1NC(=O)NCc1ccccn1. The molecule has 0 atom stereocenters. The number of hydrogen-bond donors (Lipinski definition) is 3. The van der Waals surface area contributed by atoms with E-state index in [0.29, 0.717) is 18.7 Å². The summed E-state index contributed by atoms with van der Waals surface area (Å²) in [5.74, 6) is -0.633. The quantitative estimate of drug-likeness (QED) is 0.531. The Labute approximate surface area is 165 Å². The number of amides is 3. The molecule has 0 saturated carbocycles. The monoisotopic (exact) mass is 398 g/mol. The Balaban J connectivity index is 1.58. The number of pyridine rings is 2. The van der Waals surface area contributed by atoms with Gasteiger partial charge in [-0.1, -0.05) is 12.1 Å². The molecule has 28 heavy (non-hydrogen) atoms. The van der Waals surface area contributed by atoms with Gasteiger partial charge in [0.15, 0.2) is 0 Å². The first kappa shape index (κ1) is 19.2. The van der Waals surface area contributed by atoms with Crippen molar-refractivity contribution in [2.75, 3.05) is 11.9 Å². The second-order valence-corrected chi connectivity index (χ2v) is 6.42. The van der Waals surface area contributed by atoms with Crippen LogP contribution < -0.4 is 21.1 Å². The average molecular weight is 398 g/mol. The fourth-order valence-electron chi connectivity index (χ4n) is 2.31. The van der Waals surface area contributed by atoms with Crippen molar-refractivity contribution in [1.29, 1.82) is 0 Å². The number of nitrogens with zero attached hydrogens (tertiary/aromatic N) is 3. The molecule has 0 aliphatic rings. The van der Waals surface area contributed by atoms with E-state index in [-0.39, 0.29) is 23.0 Å². The smallest absolute Gasteiger partial charge is 0.320 e. The molecule has 0 unspecified atom stereocenters. The highest BCUT2D eigenvalue weighted by atomic mass is 32.1. The normalized spacial score (nSPS) is 10.3. The Morgan fingerprint density at radius 2 is 2.07 bits per heavy atom. The van der Waals surface area contributed by atoms with Crippen LogP contribution in [0.1, 0.15) is 21.6 Å². The van der Waals surface area contributed by atoms with Gasteiger partial charge in [0.25, 0.3) is 5.91 Å². The summed E-state index contributed by atoms with van der Waals surface area (Å²) in [5, 5.41) is 5.46. The summed E-state index contributed by atoms with van der Waals surface area (Å²) in [5.41, 5.74) is 7.18. The number of carbonyl (C=O) groups excluding carboxylic acids is 2. The lowest BCUT2D eigenvalue weighted by atomic mass is 10.2. The maximum atomic E-state index is 12.1. The third kappa shape index (κ3) is 5.24. The van der Waals surface area contributed by atoms with Crippen LogP contribution >= 0.6 is 11.5 Å². The molecule has 3 aromatic heterocycles. The fourth-order valence-corrected chi connectivity index (χ4v) is 3.04. The molecule has 0 spiro atoms. The molecule has 0 fully saturated rings. The van der Waals surface area contributed by atoms with E-state index in [4.69, 9.17) is 10.5 Å². The van der Waals surface area contributed by atoms with Gasteiger partial charge in [0, 0.05) is 25.0 Å². The van der Waals surface area contributed by atoms with Crippen molar-refractivity contribution in [3.05, 3.63) is 65.7 Å². The summed E-state index contributed by atoms with van der Waals surface area (Å²) >= 11 is 0.925. The lowest BCUT2D eigenvalue weighted by Crippen LogP contribution is -2.29. The molecule has 0 aromatic carbocycles. The highest BCUT2D eigenvalue weighted by Crippen LogP contribution is 2.30. The summed E-state index contributed by atoms with van der Waals surface area (Å²) in [6.45, 7) is 0.535. The van der Waals surface area contributed by atoms with Crippen LogP contribution in [-0.4, -0.2) is 32.9 Å². The molecule has 0 saturated heterocycles. The van der Waals surface area contributed by atoms with Crippen molar-refractivity contribution in [2.45, 2.75) is 13.0 Å². The van der Waals surface area contributed by atoms with Crippen LogP contribution in [-0.2, 0) is 13.0 Å². The first-order valence-electron chi connectivity index (χ1n) is 8.39. The number of hydrogen-bond acceptors (Lipinski definition) is 7. The van der Waals surface area contributed by atoms with Crippen LogP contribution in [0.25, 0.3) is 0 Å². The van der Waals surface area contributed by atoms with Gasteiger partial charge in [-0.2, -0.15) is 4.37 Å². The van der Waals surface area contributed by atoms with Gasteiger partial charge in [-0.25, -0.2) is 4.79 Å². The molecule has 144 valence electrons. The van der Waals surface area contributed by atoms with Crippen LogP contribution in [0.3, 0.4) is 0 Å². The fraction of sp³-hybridized carbons (Fsp3) is 0.167. The molecule has 4 N–H and O–H groups in total. The molecule has 3 amide bonds. The van der Waals surface area contributed by atoms with Crippen LogP contribution in [0.4, 0.5) is 9.80 Å². The molecule has 10 heteroatoms. The number of ether oxygens (including phenoxy) is 1. The van der Waals surface area contributed by atoms with Gasteiger partial charge < -0.3 is 15.8 Å². The minimum atomic E-state index is -0.731. The molecule has 0 aliphatic carbocycles. The number of anilines is 1. The van der Waals surface area contributed by atoms with Crippen LogP contribution in [0.2, 0.25) is 0 Å². The number of carbonyl (C=O) groups is 2. The predicted octanol–water partition coefficient (Wildman–Crippen LogP) is 1.98. The second kappa shape index (κ2) is 9.42. The van der Waals surface area contributed by atoms with E-state index in [0.717, 1.165) is 17.1 Å². The van der Waals surface area contributed by atoms with Gasteiger partial charge in [0.2, 0.25) is 5.88 Å². The van der Waals surface area contributed by atoms with E-state index in [1.807, 2.05) is 18.2 Å². The zero-order chi connectivity index (χ0) is 19.8. The lowest BCUT2D eigenvalue weighted by molar-refractivity contribution is 0.0997. The van der Waals surface area contributed by atoms with Crippen molar-refractivity contribution < 1.29 is 14.3 Å². The molecule has 0 radical (unpaired) electrons. The van der Waals surface area contributed by atoms with Crippen LogP contribution in [0.5, 0.6) is 5.88 Å². The minimum Gasteiger partial charge on any atom is -0.476 e. The maximum Gasteiger partial charge on any atom is 0.320 e. The third-order valence-corrected chi connectivity index (χ3v) is 4.39. The number of nitrogens with two attached hydrogens (primary N) is 1. The number of primary amides is 1. The lowest BCUT2D eigenvalue weighted by Gasteiger charge is -2.07. The van der Waals surface area contributed by atoms with Crippen molar-refractivity contribution in [2.24, 2.45) is 5.73 Å². The Hall–Kier alpha value is -3.53. The summed E-state index contributed by atoms with van der Waals surface area (Å²) in [6, 6.07) is 8.65. The Bertz CT molecular complexity index is 933. The van der Waals surface area contributed by atoms with Gasteiger partial charge in [-0.15, -0.1) is 0 Å². The molecule has 0 aliphatic heterocycles. The van der Waals surface area contributed by atoms with Crippen molar-refractivity contribution in [1.82, 2.24) is 19.7 Å². The predicted molar refractivity (Wildman–Crippen MR) is 104 cm³/mol. The highest BCUT2D eigenvalue weighted by Gasteiger charge is 2.21. The first-order valence-corrected chi connectivity index (χ1v) is 9.16. The van der Waals surface area contributed by atoms with E-state index >= 15 is 0 Å². The Kier molecular flexibility index (Phi) is 6.47. The minimum absolute atomic E-state index is 0.0455. The van der Waals surface area contributed by atoms with Crippen molar-refractivity contribution in [3.8, 4) is 5.88 Å². The number of aromatic nitrogens is 3. The summed E-state index contributed by atoms with van der Waals surface area (Å²) in [6.07, 6.45) is 5.65. The zero-order valence-corrected chi connectivity index (χ0v) is 15.6. The van der Waals surface area contributed by atoms with E-state index in [2.05, 4.69) is 25.0 Å². The third-order valence-electron chi connectivity index (χ3n) is 3.64. The van der Waals surface area contributed by atoms with Crippen molar-refractivity contribution in [3.63, 3.8) is 0 Å². The summed E-state index contributed by atoms with van der Waals surface area (Å²) < 4.78 is 9.67. The largest absolute Gasteiger partial charge is 0.476 e. The molecule has 3 heterocycles.